The fourth-order valence-corrected chi connectivity index (χ4v) is 4.43. The third kappa shape index (κ3) is 4.70. The molecule has 1 aliphatic rings. The summed E-state index contributed by atoms with van der Waals surface area (Å²) in [6.07, 6.45) is 4.04. The quantitative estimate of drug-likeness (QED) is 0.544. The second-order valence-electron chi connectivity index (χ2n) is 8.44. The van der Waals surface area contributed by atoms with Gasteiger partial charge < -0.3 is 14.4 Å². The molecular weight excluding hydrogens is 400 g/mol. The SMILES string of the molecule is COc1cccc(OC)c1-c1cnc(N(C)C)nc1C1CCN(Cc2ccccc2)CC1. The van der Waals surface area contributed by atoms with Crippen LogP contribution in [-0.4, -0.2) is 56.3 Å². The van der Waals surface area contributed by atoms with Crippen molar-refractivity contribution in [1.29, 1.82) is 0 Å². The van der Waals surface area contributed by atoms with E-state index in [1.54, 1.807) is 14.2 Å². The van der Waals surface area contributed by atoms with Crippen molar-refractivity contribution >= 4 is 5.95 Å². The molecule has 1 aliphatic heterocycles. The first-order valence-electron chi connectivity index (χ1n) is 11.1. The summed E-state index contributed by atoms with van der Waals surface area (Å²) in [5.41, 5.74) is 4.35. The van der Waals surface area contributed by atoms with E-state index in [2.05, 4.69) is 40.2 Å². The second-order valence-corrected chi connectivity index (χ2v) is 8.44. The van der Waals surface area contributed by atoms with Gasteiger partial charge in [-0.25, -0.2) is 9.97 Å². The van der Waals surface area contributed by atoms with Gasteiger partial charge in [0.25, 0.3) is 0 Å². The summed E-state index contributed by atoms with van der Waals surface area (Å²) in [4.78, 5) is 14.1. The molecule has 3 aromatic rings. The number of anilines is 1. The Balaban J connectivity index is 1.65. The lowest BCUT2D eigenvalue weighted by Crippen LogP contribution is -2.33. The number of likely N-dealkylation sites (tertiary alicyclic amines) is 1. The molecule has 0 atom stereocenters. The highest BCUT2D eigenvalue weighted by molar-refractivity contribution is 5.78. The van der Waals surface area contributed by atoms with Crippen LogP contribution >= 0.6 is 0 Å². The highest BCUT2D eigenvalue weighted by atomic mass is 16.5. The molecule has 0 radical (unpaired) electrons. The molecule has 0 saturated carbocycles. The lowest BCUT2D eigenvalue weighted by atomic mass is 9.88. The van der Waals surface area contributed by atoms with Crippen molar-refractivity contribution in [3.8, 4) is 22.6 Å². The molecule has 0 unspecified atom stereocenters. The Morgan fingerprint density at radius 2 is 1.59 bits per heavy atom. The molecule has 0 N–H and O–H groups in total. The monoisotopic (exact) mass is 432 g/mol. The van der Waals surface area contributed by atoms with Crippen molar-refractivity contribution < 1.29 is 9.47 Å². The Bertz CT molecular complexity index is 1010. The Morgan fingerprint density at radius 1 is 0.938 bits per heavy atom. The number of hydrogen-bond donors (Lipinski definition) is 0. The minimum atomic E-state index is 0.355. The molecule has 0 aliphatic carbocycles. The Labute approximate surface area is 190 Å². The number of nitrogens with zero attached hydrogens (tertiary/aromatic N) is 4. The summed E-state index contributed by atoms with van der Waals surface area (Å²) in [6, 6.07) is 16.6. The van der Waals surface area contributed by atoms with Gasteiger partial charge in [0, 0.05) is 38.3 Å². The lowest BCUT2D eigenvalue weighted by Gasteiger charge is -2.33. The molecule has 168 valence electrons. The van der Waals surface area contributed by atoms with E-state index < -0.39 is 0 Å². The maximum absolute atomic E-state index is 5.69. The predicted octanol–water partition coefficient (Wildman–Crippen LogP) is 4.61. The third-order valence-electron chi connectivity index (χ3n) is 6.13. The molecule has 6 nitrogen and oxygen atoms in total. The van der Waals surface area contributed by atoms with Gasteiger partial charge >= 0.3 is 0 Å². The molecule has 2 aromatic carbocycles. The van der Waals surface area contributed by atoms with E-state index in [1.807, 2.05) is 43.4 Å². The summed E-state index contributed by atoms with van der Waals surface area (Å²) < 4.78 is 11.4. The maximum atomic E-state index is 5.69. The lowest BCUT2D eigenvalue weighted by molar-refractivity contribution is 0.203. The zero-order valence-electron chi connectivity index (χ0n) is 19.4. The molecule has 1 aromatic heterocycles. The molecule has 1 saturated heterocycles. The molecule has 1 fully saturated rings. The average Bonchev–Trinajstić information content (AvgIpc) is 2.84. The zero-order chi connectivity index (χ0) is 22.5. The van der Waals surface area contributed by atoms with Gasteiger partial charge in [0.2, 0.25) is 5.95 Å². The fraction of sp³-hybridized carbons (Fsp3) is 0.385. The molecule has 0 amide bonds. The van der Waals surface area contributed by atoms with Crippen LogP contribution in [0.3, 0.4) is 0 Å². The highest BCUT2D eigenvalue weighted by Crippen LogP contribution is 2.43. The number of methoxy groups -OCH3 is 2. The summed E-state index contributed by atoms with van der Waals surface area (Å²) in [5, 5.41) is 0. The highest BCUT2D eigenvalue weighted by Gasteiger charge is 2.27. The van der Waals surface area contributed by atoms with Crippen LogP contribution < -0.4 is 14.4 Å². The molecule has 0 spiro atoms. The fourth-order valence-electron chi connectivity index (χ4n) is 4.43. The van der Waals surface area contributed by atoms with Crippen molar-refractivity contribution in [2.45, 2.75) is 25.3 Å². The minimum Gasteiger partial charge on any atom is -0.496 e. The predicted molar refractivity (Wildman–Crippen MR) is 129 cm³/mol. The Morgan fingerprint density at radius 3 is 2.19 bits per heavy atom. The minimum absolute atomic E-state index is 0.355. The van der Waals surface area contributed by atoms with Crippen molar-refractivity contribution in [1.82, 2.24) is 14.9 Å². The normalized spacial score (nSPS) is 14.9. The second kappa shape index (κ2) is 10.0. The van der Waals surface area contributed by atoms with Crippen molar-refractivity contribution in [3.05, 3.63) is 66.0 Å². The zero-order valence-corrected chi connectivity index (χ0v) is 19.4. The van der Waals surface area contributed by atoms with Gasteiger partial charge in [-0.15, -0.1) is 0 Å². The first-order valence-corrected chi connectivity index (χ1v) is 11.1. The van der Waals surface area contributed by atoms with Crippen LogP contribution in [0.5, 0.6) is 11.5 Å². The topological polar surface area (TPSA) is 50.7 Å². The number of rotatable bonds is 7. The number of ether oxygens (including phenoxy) is 2. The van der Waals surface area contributed by atoms with Crippen molar-refractivity contribution in [2.75, 3.05) is 46.3 Å². The maximum Gasteiger partial charge on any atom is 0.225 e. The van der Waals surface area contributed by atoms with Crippen molar-refractivity contribution in [3.63, 3.8) is 0 Å². The summed E-state index contributed by atoms with van der Waals surface area (Å²) in [6.45, 7) is 3.08. The summed E-state index contributed by atoms with van der Waals surface area (Å²) in [5.74, 6) is 2.62. The molecule has 2 heterocycles. The van der Waals surface area contributed by atoms with E-state index in [9.17, 15) is 0 Å². The van der Waals surface area contributed by atoms with Crippen LogP contribution in [-0.2, 0) is 6.54 Å². The summed E-state index contributed by atoms with van der Waals surface area (Å²) in [7, 11) is 7.33. The van der Waals surface area contributed by atoms with Gasteiger partial charge in [0.15, 0.2) is 0 Å². The molecule has 4 rings (SSSR count). The Kier molecular flexibility index (Phi) is 6.90. The van der Waals surface area contributed by atoms with Gasteiger partial charge in [0.05, 0.1) is 25.5 Å². The van der Waals surface area contributed by atoms with Gasteiger partial charge in [0.1, 0.15) is 11.5 Å². The van der Waals surface area contributed by atoms with Gasteiger partial charge in [-0.05, 0) is 43.6 Å². The van der Waals surface area contributed by atoms with E-state index in [1.165, 1.54) is 5.56 Å². The first kappa shape index (κ1) is 22.1. The van der Waals surface area contributed by atoms with E-state index in [0.717, 1.165) is 66.7 Å². The molecule has 32 heavy (non-hydrogen) atoms. The smallest absolute Gasteiger partial charge is 0.225 e. The number of hydrogen-bond acceptors (Lipinski definition) is 6. The van der Waals surface area contributed by atoms with Crippen LogP contribution in [0.2, 0.25) is 0 Å². The first-order chi connectivity index (χ1) is 15.6. The van der Waals surface area contributed by atoms with Crippen LogP contribution in [0, 0.1) is 0 Å². The number of aromatic nitrogens is 2. The van der Waals surface area contributed by atoms with E-state index >= 15 is 0 Å². The van der Waals surface area contributed by atoms with E-state index in [4.69, 9.17) is 14.5 Å². The molecule has 0 bridgehead atoms. The number of piperidine rings is 1. The van der Waals surface area contributed by atoms with Gasteiger partial charge in [-0.2, -0.15) is 0 Å². The summed E-state index contributed by atoms with van der Waals surface area (Å²) >= 11 is 0. The van der Waals surface area contributed by atoms with Gasteiger partial charge in [-0.3, -0.25) is 4.90 Å². The molecule has 6 heteroatoms. The third-order valence-corrected chi connectivity index (χ3v) is 6.13. The number of benzene rings is 2. The largest absolute Gasteiger partial charge is 0.496 e. The van der Waals surface area contributed by atoms with E-state index in [-0.39, 0.29) is 0 Å². The van der Waals surface area contributed by atoms with Gasteiger partial charge in [-0.1, -0.05) is 36.4 Å². The van der Waals surface area contributed by atoms with Crippen LogP contribution in [0.15, 0.2) is 54.7 Å². The Hall–Kier alpha value is -3.12. The molecular formula is C26H32N4O2. The van der Waals surface area contributed by atoms with Crippen LogP contribution in [0.4, 0.5) is 5.95 Å². The standard InChI is InChI=1S/C26H32N4O2/c1-29(2)26-27-17-21(24-22(31-3)11-8-12-23(24)32-4)25(28-26)20-13-15-30(16-14-20)18-19-9-6-5-7-10-19/h5-12,17,20H,13-16,18H2,1-4H3. The average molecular weight is 433 g/mol. The van der Waals surface area contributed by atoms with Crippen LogP contribution in [0.25, 0.3) is 11.1 Å². The van der Waals surface area contributed by atoms with E-state index in [0.29, 0.717) is 5.92 Å². The van der Waals surface area contributed by atoms with Crippen molar-refractivity contribution in [2.24, 2.45) is 0 Å². The van der Waals surface area contributed by atoms with Crippen LogP contribution in [0.1, 0.15) is 30.0 Å².